The average Bonchev–Trinajstić information content (AvgIpc) is 2.41. The maximum absolute atomic E-state index is 9.85. The summed E-state index contributed by atoms with van der Waals surface area (Å²) < 4.78 is 78.8. The van der Waals surface area contributed by atoms with Crippen LogP contribution in [0, 0.1) is 0 Å². The van der Waals surface area contributed by atoms with Crippen molar-refractivity contribution in [1.29, 1.82) is 0 Å². The van der Waals surface area contributed by atoms with E-state index in [1.807, 2.05) is 0 Å². The number of rotatable bonds is 9. The predicted molar refractivity (Wildman–Crippen MR) is 138 cm³/mol. The van der Waals surface area contributed by atoms with Crippen LogP contribution in [-0.2, 0) is 36.5 Å². The highest BCUT2D eigenvalue weighted by atomic mass is 31.3. The van der Waals surface area contributed by atoms with Gasteiger partial charge in [-0.15, -0.1) is 0 Å². The molecule has 0 radical (unpaired) electrons. The maximum atomic E-state index is 9.85. The van der Waals surface area contributed by atoms with E-state index in [0.717, 1.165) is 0 Å². The van der Waals surface area contributed by atoms with Crippen molar-refractivity contribution in [3.8, 4) is 0 Å². The first-order valence-corrected chi connectivity index (χ1v) is 22.9. The molecule has 41 heavy (non-hydrogen) atoms. The van der Waals surface area contributed by atoms with Crippen molar-refractivity contribution in [2.75, 3.05) is 36.7 Å². The Bertz CT molecular complexity index is 821. The standard InChI is InChI=1S/C2H8N2.4CH6O6P2.H2O/c3-1-2-4;4*2-8(3,4)1-9(5,6)7;/h1-4H2;4*1H2,(H2,2,3,4)(H2,5,6,7);1H2. The van der Waals surface area contributed by atoms with Gasteiger partial charge < -0.3 is 95.2 Å². The Hall–Kier alpha value is 1.08. The maximum Gasteiger partial charge on any atom is 0.337 e. The summed E-state index contributed by atoms with van der Waals surface area (Å²) in [7, 11) is -36.4. The van der Waals surface area contributed by atoms with Gasteiger partial charge in [0, 0.05) is 13.1 Å². The lowest BCUT2D eigenvalue weighted by Crippen LogP contribution is -2.11. The van der Waals surface area contributed by atoms with Crippen molar-refractivity contribution in [3.63, 3.8) is 0 Å². The van der Waals surface area contributed by atoms with Crippen molar-refractivity contribution < 1.29 is 120 Å². The van der Waals surface area contributed by atoms with Crippen molar-refractivity contribution in [1.82, 2.24) is 0 Å². The van der Waals surface area contributed by atoms with Crippen LogP contribution in [0.2, 0.25) is 0 Å². The molecule has 0 bridgehead atoms. The molecule has 258 valence electrons. The molecule has 0 heterocycles. The minimum Gasteiger partial charge on any atom is -0.412 e. The summed E-state index contributed by atoms with van der Waals surface area (Å²) >= 11 is 0. The van der Waals surface area contributed by atoms with Gasteiger partial charge in [-0.25, -0.2) is 0 Å². The molecule has 0 aromatic carbocycles. The fraction of sp³-hybridized carbons (Fsp3) is 1.00. The smallest absolute Gasteiger partial charge is 0.337 e. The van der Waals surface area contributed by atoms with Crippen molar-refractivity contribution in [2.45, 2.75) is 0 Å². The Kier molecular flexibility index (Phi) is 28.9. The molecular formula is C6H34N2O25P8. The Balaban J connectivity index is -0.0000000946. The molecule has 0 aliphatic rings. The Morgan fingerprint density at radius 2 is 0.366 bits per heavy atom. The van der Waals surface area contributed by atoms with E-state index in [2.05, 4.69) is 0 Å². The van der Waals surface area contributed by atoms with E-state index in [0.29, 0.717) is 13.1 Å². The lowest BCUT2D eigenvalue weighted by molar-refractivity contribution is 0.352. The lowest BCUT2D eigenvalue weighted by Gasteiger charge is -2.03. The van der Waals surface area contributed by atoms with E-state index >= 15 is 0 Å². The van der Waals surface area contributed by atoms with Gasteiger partial charge in [-0.3, -0.25) is 36.5 Å². The summed E-state index contributed by atoms with van der Waals surface area (Å²) in [5, 5.41) is 0. The largest absolute Gasteiger partial charge is 0.412 e. The number of nitrogens with two attached hydrogens (primary N) is 2. The summed E-state index contributed by atoms with van der Waals surface area (Å²) in [5.41, 5.74) is 9.81. The summed E-state index contributed by atoms with van der Waals surface area (Å²) in [6.45, 7) is 1.19. The van der Waals surface area contributed by atoms with Crippen LogP contribution in [0.1, 0.15) is 0 Å². The highest BCUT2D eigenvalue weighted by molar-refractivity contribution is 7.70. The summed E-state index contributed by atoms with van der Waals surface area (Å²) in [5.74, 6) is -5.50. The third kappa shape index (κ3) is 92.2. The quantitative estimate of drug-likeness (QED) is 0.0977. The molecule has 0 fully saturated rings. The molecule has 0 aromatic rings. The van der Waals surface area contributed by atoms with Crippen LogP contribution in [0.3, 0.4) is 0 Å². The second-order valence-corrected chi connectivity index (χ2v) is 21.6. The molecule has 22 N–H and O–H groups in total. The van der Waals surface area contributed by atoms with E-state index in [1.54, 1.807) is 0 Å². The minimum absolute atomic E-state index is 0. The molecule has 35 heteroatoms. The van der Waals surface area contributed by atoms with E-state index < -0.39 is 84.4 Å². The van der Waals surface area contributed by atoms with E-state index in [-0.39, 0.29) is 5.48 Å². The van der Waals surface area contributed by atoms with Gasteiger partial charge in [-0.1, -0.05) is 0 Å². The SMILES string of the molecule is NCCN.O.O=P(O)(O)CP(=O)(O)O.O=P(O)(O)CP(=O)(O)O.O=P(O)(O)CP(=O)(O)O.O=P(O)(O)CP(=O)(O)O. The summed E-state index contributed by atoms with van der Waals surface area (Å²) in [6.07, 6.45) is 0. The molecular weight excluding hydrogens is 748 g/mol. The van der Waals surface area contributed by atoms with Crippen LogP contribution < -0.4 is 11.5 Å². The lowest BCUT2D eigenvalue weighted by atomic mass is 10.7. The van der Waals surface area contributed by atoms with Gasteiger partial charge >= 0.3 is 60.8 Å². The van der Waals surface area contributed by atoms with Crippen LogP contribution in [-0.4, -0.2) is 120 Å². The van der Waals surface area contributed by atoms with E-state index in [4.69, 9.17) is 89.8 Å². The second-order valence-electron chi connectivity index (χ2n) is 6.46. The molecule has 0 unspecified atom stereocenters. The Morgan fingerprint density at radius 3 is 0.366 bits per heavy atom. The summed E-state index contributed by atoms with van der Waals surface area (Å²) in [6, 6.07) is 0. The normalized spacial score (nSPS) is 12.8. The van der Waals surface area contributed by atoms with Crippen LogP contribution in [0.5, 0.6) is 0 Å². The topological polar surface area (TPSA) is 544 Å². The highest BCUT2D eigenvalue weighted by Crippen LogP contribution is 2.53. The zero-order valence-electron chi connectivity index (χ0n) is 19.9. The molecule has 27 nitrogen and oxygen atoms in total. The molecule has 0 saturated carbocycles. The third-order valence-electron chi connectivity index (χ3n) is 1.64. The van der Waals surface area contributed by atoms with Gasteiger partial charge in [0.2, 0.25) is 0 Å². The first-order chi connectivity index (χ1) is 16.7. The van der Waals surface area contributed by atoms with Gasteiger partial charge in [0.1, 0.15) is 0 Å². The number of hydrogen-bond donors (Lipinski definition) is 18. The first kappa shape index (κ1) is 54.6. The van der Waals surface area contributed by atoms with Gasteiger partial charge in [0.05, 0.1) is 0 Å². The molecule has 0 rings (SSSR count). The highest BCUT2D eigenvalue weighted by Gasteiger charge is 2.28. The monoisotopic (exact) mass is 782 g/mol. The van der Waals surface area contributed by atoms with Crippen LogP contribution in [0.15, 0.2) is 0 Å². The number of hydrogen-bond acceptors (Lipinski definition) is 10. The molecule has 0 spiro atoms. The zero-order valence-corrected chi connectivity index (χ0v) is 27.1. The van der Waals surface area contributed by atoms with Crippen molar-refractivity contribution in [2.24, 2.45) is 11.5 Å². The van der Waals surface area contributed by atoms with Crippen LogP contribution >= 0.6 is 60.8 Å². The molecule has 0 aliphatic heterocycles. The van der Waals surface area contributed by atoms with E-state index in [9.17, 15) is 36.5 Å². The van der Waals surface area contributed by atoms with Crippen LogP contribution in [0.25, 0.3) is 0 Å². The molecule has 0 amide bonds. The van der Waals surface area contributed by atoms with Gasteiger partial charge in [0.15, 0.2) is 23.6 Å². The average molecular weight is 782 g/mol. The zero-order chi connectivity index (χ0) is 34.2. The first-order valence-electron chi connectivity index (χ1n) is 8.51. The van der Waals surface area contributed by atoms with Gasteiger partial charge in [-0.05, 0) is 0 Å². The molecule has 0 atom stereocenters. The fourth-order valence-electron chi connectivity index (χ4n) is 0.960. The third-order valence-corrected chi connectivity index (χ3v) is 13.4. The second kappa shape index (κ2) is 21.8. The summed E-state index contributed by atoms with van der Waals surface area (Å²) in [4.78, 5) is 128. The fourth-order valence-corrected chi connectivity index (χ4v) is 8.64. The van der Waals surface area contributed by atoms with Crippen molar-refractivity contribution >= 4 is 60.8 Å². The molecule has 0 aromatic heterocycles. The molecule has 0 aliphatic carbocycles. The predicted octanol–water partition coefficient (Wildman–Crippen LogP) is -4.72. The molecule has 0 saturated heterocycles. The van der Waals surface area contributed by atoms with Gasteiger partial charge in [-0.2, -0.15) is 0 Å². The van der Waals surface area contributed by atoms with Crippen LogP contribution in [0.4, 0.5) is 0 Å². The minimum atomic E-state index is -4.55. The van der Waals surface area contributed by atoms with Gasteiger partial charge in [0.25, 0.3) is 0 Å². The van der Waals surface area contributed by atoms with E-state index in [1.165, 1.54) is 0 Å². The Morgan fingerprint density at radius 1 is 0.293 bits per heavy atom. The van der Waals surface area contributed by atoms with Crippen molar-refractivity contribution in [3.05, 3.63) is 0 Å². The Labute approximate surface area is 229 Å².